The van der Waals surface area contributed by atoms with Gasteiger partial charge in [0.1, 0.15) is 23.6 Å². The Balaban J connectivity index is 1.42. The highest BCUT2D eigenvalue weighted by Gasteiger charge is 2.32. The van der Waals surface area contributed by atoms with Crippen LogP contribution in [0.3, 0.4) is 0 Å². The van der Waals surface area contributed by atoms with Crippen molar-refractivity contribution in [3.63, 3.8) is 0 Å². The molecule has 0 bridgehead atoms. The number of hydrogen-bond acceptors (Lipinski definition) is 4. The molecule has 0 aliphatic carbocycles. The van der Waals surface area contributed by atoms with Crippen LogP contribution in [0.4, 0.5) is 37.7 Å². The number of anilines is 2. The summed E-state index contributed by atoms with van der Waals surface area (Å²) in [7, 11) is 0. The second-order valence-electron chi connectivity index (χ2n) is 11.8. The molecule has 0 aliphatic rings. The molecule has 2 N–H and O–H groups in total. The van der Waals surface area contributed by atoms with E-state index in [0.717, 1.165) is 35.9 Å². The third-order valence-electron chi connectivity index (χ3n) is 7.87. The zero-order valence-corrected chi connectivity index (χ0v) is 28.5. The Morgan fingerprint density at radius 3 is 1.85 bits per heavy atom. The van der Waals surface area contributed by atoms with Crippen LogP contribution < -0.4 is 15.4 Å². The van der Waals surface area contributed by atoms with Crippen LogP contribution in [0.5, 0.6) is 5.75 Å². The van der Waals surface area contributed by atoms with Crippen molar-refractivity contribution in [2.24, 2.45) is 0 Å². The highest BCUT2D eigenvalue weighted by molar-refractivity contribution is 6.30. The van der Waals surface area contributed by atoms with Gasteiger partial charge in [-0.25, -0.2) is 4.68 Å². The van der Waals surface area contributed by atoms with Crippen LogP contribution in [-0.2, 0) is 28.5 Å². The van der Waals surface area contributed by atoms with E-state index < -0.39 is 40.9 Å². The van der Waals surface area contributed by atoms with Crippen molar-refractivity contribution in [3.8, 4) is 22.7 Å². The van der Waals surface area contributed by atoms with E-state index in [1.165, 1.54) is 23.0 Å². The average molecular weight is 761 g/mol. The van der Waals surface area contributed by atoms with E-state index in [1.54, 1.807) is 66.7 Å². The summed E-state index contributed by atoms with van der Waals surface area (Å²) in [6.45, 7) is 0.210. The van der Waals surface area contributed by atoms with Gasteiger partial charge >= 0.3 is 12.4 Å². The lowest BCUT2D eigenvalue weighted by molar-refractivity contribution is -0.138. The fourth-order valence-electron chi connectivity index (χ4n) is 5.24. The summed E-state index contributed by atoms with van der Waals surface area (Å²) in [5, 5.41) is 9.93. The first-order chi connectivity index (χ1) is 25.7. The summed E-state index contributed by atoms with van der Waals surface area (Å²) in [6.07, 6.45) is -6.77. The minimum Gasteiger partial charge on any atom is -0.489 e. The molecular weight excluding hydrogens is 734 g/mol. The number of benzene rings is 5. The molecule has 0 unspecified atom stereocenters. The van der Waals surface area contributed by atoms with Crippen molar-refractivity contribution in [2.45, 2.75) is 19.0 Å². The van der Waals surface area contributed by atoms with Gasteiger partial charge in [0.25, 0.3) is 11.8 Å². The van der Waals surface area contributed by atoms with Gasteiger partial charge in [0.05, 0.1) is 16.8 Å². The molecule has 0 spiro atoms. The van der Waals surface area contributed by atoms with Crippen LogP contribution in [0.1, 0.15) is 22.3 Å². The number of para-hydroxylation sites is 1. The van der Waals surface area contributed by atoms with Gasteiger partial charge in [-0.3, -0.25) is 9.59 Å². The molecule has 1 aromatic heterocycles. The summed E-state index contributed by atoms with van der Waals surface area (Å²) in [4.78, 5) is 27.6. The summed E-state index contributed by atoms with van der Waals surface area (Å²) in [6, 6.07) is 30.3. The Morgan fingerprint density at radius 2 is 1.28 bits per heavy atom. The van der Waals surface area contributed by atoms with Crippen LogP contribution in [0.2, 0.25) is 5.02 Å². The lowest BCUT2D eigenvalue weighted by Crippen LogP contribution is -2.25. The quantitative estimate of drug-likeness (QED) is 0.0630. The molecule has 0 saturated carbocycles. The smallest absolute Gasteiger partial charge is 0.416 e. The fourth-order valence-corrected chi connectivity index (χ4v) is 5.37. The van der Waals surface area contributed by atoms with E-state index in [4.69, 9.17) is 21.4 Å². The molecule has 274 valence electrons. The van der Waals surface area contributed by atoms with Gasteiger partial charge in [-0.15, -0.1) is 0 Å². The van der Waals surface area contributed by atoms with Gasteiger partial charge in [-0.1, -0.05) is 66.2 Å². The zero-order chi connectivity index (χ0) is 38.5. The van der Waals surface area contributed by atoms with Gasteiger partial charge in [0.15, 0.2) is 0 Å². The van der Waals surface area contributed by atoms with Crippen molar-refractivity contribution in [2.75, 3.05) is 10.6 Å². The van der Waals surface area contributed by atoms with Gasteiger partial charge in [0.2, 0.25) is 0 Å². The molecule has 6 aromatic rings. The van der Waals surface area contributed by atoms with E-state index in [-0.39, 0.29) is 29.2 Å². The van der Waals surface area contributed by atoms with Crippen molar-refractivity contribution >= 4 is 40.9 Å². The number of nitrogens with one attached hydrogen (secondary N) is 2. The molecule has 2 amide bonds. The fraction of sp³-hybridized carbons (Fsp3) is 0.0750. The largest absolute Gasteiger partial charge is 0.489 e. The lowest BCUT2D eigenvalue weighted by Gasteiger charge is -2.13. The molecule has 1 heterocycles. The van der Waals surface area contributed by atoms with Crippen LogP contribution in [0, 0.1) is 0 Å². The summed E-state index contributed by atoms with van der Waals surface area (Å²) in [5.74, 6) is -1.83. The van der Waals surface area contributed by atoms with E-state index in [2.05, 4.69) is 10.6 Å². The average Bonchev–Trinajstić information content (AvgIpc) is 3.57. The molecule has 54 heavy (non-hydrogen) atoms. The summed E-state index contributed by atoms with van der Waals surface area (Å²) in [5.41, 5.74) is -0.866. The number of aromatic nitrogens is 2. The minimum atomic E-state index is -4.73. The second kappa shape index (κ2) is 15.7. The number of carbonyl (C=O) groups is 2. The maximum atomic E-state index is 13.8. The Morgan fingerprint density at radius 1 is 0.704 bits per heavy atom. The van der Waals surface area contributed by atoms with Gasteiger partial charge < -0.3 is 15.4 Å². The van der Waals surface area contributed by atoms with Gasteiger partial charge in [-0.05, 0) is 84.4 Å². The molecule has 6 rings (SSSR count). The van der Waals surface area contributed by atoms with Crippen molar-refractivity contribution < 1.29 is 40.7 Å². The maximum Gasteiger partial charge on any atom is 0.416 e. The van der Waals surface area contributed by atoms with Crippen LogP contribution >= 0.6 is 11.6 Å². The number of alkyl halides is 6. The molecular formula is C40H27ClF6N4O3. The number of halogens is 7. The van der Waals surface area contributed by atoms with Crippen LogP contribution in [0.15, 0.2) is 139 Å². The first-order valence-electron chi connectivity index (χ1n) is 16.0. The third-order valence-corrected chi connectivity index (χ3v) is 8.13. The predicted molar refractivity (Wildman–Crippen MR) is 193 cm³/mol. The number of amides is 2. The van der Waals surface area contributed by atoms with E-state index >= 15 is 0 Å². The first-order valence-corrected chi connectivity index (χ1v) is 16.4. The molecule has 14 heteroatoms. The van der Waals surface area contributed by atoms with Gasteiger partial charge in [-0.2, -0.15) is 31.4 Å². The monoisotopic (exact) mass is 760 g/mol. The number of carbonyl (C=O) groups excluding carboxylic acids is 2. The lowest BCUT2D eigenvalue weighted by atomic mass is 10.0. The summed E-state index contributed by atoms with van der Waals surface area (Å²) < 4.78 is 88.3. The standard InChI is InChI=1S/C40H27ClF6N4O3/c41-30-17-15-25(16-18-30)24-54-34-14-4-7-26(19-34)36-27(23-51(50-36)33-12-2-1-3-13-33)20-35(37(52)48-31-10-5-8-28(21-31)39(42,43)44)38(53)49-32-11-6-9-29(22-32)40(45,46)47/h1-23H,24H2,(H,48,52)(H,49,53). The Bertz CT molecular complexity index is 2250. The Kier molecular flexibility index (Phi) is 10.9. The highest BCUT2D eigenvalue weighted by atomic mass is 35.5. The summed E-state index contributed by atoms with van der Waals surface area (Å²) >= 11 is 5.99. The van der Waals surface area contributed by atoms with Gasteiger partial charge in [0, 0.05) is 33.7 Å². The molecule has 0 aliphatic heterocycles. The zero-order valence-electron chi connectivity index (χ0n) is 27.8. The molecule has 5 aromatic carbocycles. The number of rotatable bonds is 10. The number of hydrogen-bond donors (Lipinski definition) is 2. The van der Waals surface area contributed by atoms with Crippen LogP contribution in [0.25, 0.3) is 23.0 Å². The Labute approximate surface area is 309 Å². The van der Waals surface area contributed by atoms with Crippen molar-refractivity contribution in [1.82, 2.24) is 9.78 Å². The number of nitrogens with zero attached hydrogens (tertiary/aromatic N) is 2. The molecule has 0 saturated heterocycles. The van der Waals surface area contributed by atoms with Crippen molar-refractivity contribution in [1.29, 1.82) is 0 Å². The number of ether oxygens (including phenoxy) is 1. The predicted octanol–water partition coefficient (Wildman–Crippen LogP) is 10.5. The first kappa shape index (κ1) is 37.4. The van der Waals surface area contributed by atoms with E-state index in [9.17, 15) is 35.9 Å². The molecule has 0 atom stereocenters. The topological polar surface area (TPSA) is 85.2 Å². The van der Waals surface area contributed by atoms with Crippen molar-refractivity contribution in [3.05, 3.63) is 166 Å². The maximum absolute atomic E-state index is 13.8. The highest BCUT2D eigenvalue weighted by Crippen LogP contribution is 2.33. The van der Waals surface area contributed by atoms with Crippen LogP contribution in [-0.4, -0.2) is 21.6 Å². The normalized spacial score (nSPS) is 11.5. The Hall–Kier alpha value is -6.34. The molecule has 7 nitrogen and oxygen atoms in total. The molecule has 0 radical (unpaired) electrons. The second-order valence-corrected chi connectivity index (χ2v) is 12.2. The SMILES string of the molecule is O=C(Nc1cccc(C(F)(F)F)c1)C(=Cc1cn(-c2ccccc2)nc1-c1cccc(OCc2ccc(Cl)cc2)c1)C(=O)Nc1cccc(C(F)(F)F)c1. The third kappa shape index (κ3) is 9.36. The van der Waals surface area contributed by atoms with E-state index in [1.807, 2.05) is 12.1 Å². The minimum absolute atomic E-state index is 0.210. The molecule has 0 fully saturated rings. The van der Waals surface area contributed by atoms with E-state index in [0.29, 0.717) is 34.2 Å².